The third-order valence-corrected chi connectivity index (χ3v) is 4.05. The van der Waals surface area contributed by atoms with Crippen LogP contribution in [0, 0.1) is 0 Å². The van der Waals surface area contributed by atoms with Crippen molar-refractivity contribution in [2.75, 3.05) is 26.4 Å². The van der Waals surface area contributed by atoms with Gasteiger partial charge in [-0.1, -0.05) is 12.8 Å². The number of hydrogen-bond donors (Lipinski definition) is 0. The first-order valence-corrected chi connectivity index (χ1v) is 7.48. The maximum absolute atomic E-state index is 12.3. The van der Waals surface area contributed by atoms with Gasteiger partial charge in [0.15, 0.2) is 17.3 Å². The summed E-state index contributed by atoms with van der Waals surface area (Å²) in [5.41, 5.74) is 0.726. The fourth-order valence-corrected chi connectivity index (χ4v) is 2.83. The molecule has 0 unspecified atom stereocenters. The summed E-state index contributed by atoms with van der Waals surface area (Å²) in [5, 5.41) is 0. The molecule has 1 saturated heterocycles. The van der Waals surface area contributed by atoms with Gasteiger partial charge in [-0.3, -0.25) is 4.79 Å². The molecular formula is C16H21NO3. The van der Waals surface area contributed by atoms with Crippen molar-refractivity contribution >= 4 is 5.78 Å². The molecule has 0 amide bonds. The Morgan fingerprint density at radius 1 is 1.05 bits per heavy atom. The molecule has 0 N–H and O–H groups in total. The first-order valence-electron chi connectivity index (χ1n) is 7.48. The van der Waals surface area contributed by atoms with Crippen molar-refractivity contribution in [2.24, 2.45) is 0 Å². The van der Waals surface area contributed by atoms with Crippen LogP contribution >= 0.6 is 0 Å². The summed E-state index contributed by atoms with van der Waals surface area (Å²) < 4.78 is 10.6. The maximum atomic E-state index is 12.3. The molecule has 0 atom stereocenters. The maximum Gasteiger partial charge on any atom is 0.231 e. The molecule has 2 aliphatic rings. The first kappa shape index (κ1) is 13.4. The van der Waals surface area contributed by atoms with Crippen molar-refractivity contribution in [2.45, 2.75) is 32.1 Å². The highest BCUT2D eigenvalue weighted by Gasteiger charge is 2.17. The lowest BCUT2D eigenvalue weighted by molar-refractivity contribution is 0.0964. The van der Waals surface area contributed by atoms with Gasteiger partial charge in [-0.25, -0.2) is 0 Å². The number of Topliss-reactive ketones (excluding diaryl/α,β-unsaturated/α-hetero) is 1. The third-order valence-electron chi connectivity index (χ3n) is 4.05. The van der Waals surface area contributed by atoms with Gasteiger partial charge in [0.25, 0.3) is 0 Å². The summed E-state index contributed by atoms with van der Waals surface area (Å²) in [6, 6.07) is 5.45. The van der Waals surface area contributed by atoms with Gasteiger partial charge in [0.2, 0.25) is 6.79 Å². The second kappa shape index (κ2) is 6.27. The first-order chi connectivity index (χ1) is 9.83. The number of ketones is 1. The van der Waals surface area contributed by atoms with Crippen LogP contribution in [0.3, 0.4) is 0 Å². The Labute approximate surface area is 119 Å². The van der Waals surface area contributed by atoms with E-state index in [0.29, 0.717) is 12.2 Å². The monoisotopic (exact) mass is 275 g/mol. The Hall–Kier alpha value is -1.55. The molecule has 4 nitrogen and oxygen atoms in total. The van der Waals surface area contributed by atoms with Crippen molar-refractivity contribution in [3.63, 3.8) is 0 Å². The molecule has 3 rings (SSSR count). The fourth-order valence-electron chi connectivity index (χ4n) is 2.83. The number of rotatable bonds is 4. The van der Waals surface area contributed by atoms with Crippen molar-refractivity contribution in [1.29, 1.82) is 0 Å². The van der Waals surface area contributed by atoms with Crippen LogP contribution in [0.25, 0.3) is 0 Å². The molecule has 0 bridgehead atoms. The quantitative estimate of drug-likeness (QED) is 0.792. The normalized spacial score (nSPS) is 18.8. The molecule has 1 aromatic rings. The highest BCUT2D eigenvalue weighted by atomic mass is 16.7. The number of fused-ring (bicyclic) bond motifs is 1. The largest absolute Gasteiger partial charge is 0.454 e. The Kier molecular flexibility index (Phi) is 4.21. The summed E-state index contributed by atoms with van der Waals surface area (Å²) in [7, 11) is 0. The number of benzene rings is 1. The second-order valence-electron chi connectivity index (χ2n) is 5.50. The highest BCUT2D eigenvalue weighted by Crippen LogP contribution is 2.32. The van der Waals surface area contributed by atoms with E-state index in [1.807, 2.05) is 12.1 Å². The average molecular weight is 275 g/mol. The van der Waals surface area contributed by atoms with Gasteiger partial charge < -0.3 is 14.4 Å². The molecule has 2 aliphatic heterocycles. The van der Waals surface area contributed by atoms with E-state index in [-0.39, 0.29) is 12.6 Å². The van der Waals surface area contributed by atoms with Gasteiger partial charge in [0.1, 0.15) is 0 Å². The summed E-state index contributed by atoms with van der Waals surface area (Å²) >= 11 is 0. The molecule has 20 heavy (non-hydrogen) atoms. The minimum atomic E-state index is 0.188. The SMILES string of the molecule is O=C(CCN1CCCCCC1)c1ccc2c(c1)OCO2. The van der Waals surface area contributed by atoms with Gasteiger partial charge in [-0.05, 0) is 44.1 Å². The molecule has 0 radical (unpaired) electrons. The highest BCUT2D eigenvalue weighted by molar-refractivity contribution is 5.96. The predicted molar refractivity (Wildman–Crippen MR) is 76.4 cm³/mol. The van der Waals surface area contributed by atoms with Gasteiger partial charge in [-0.2, -0.15) is 0 Å². The van der Waals surface area contributed by atoms with Crippen LogP contribution in [0.15, 0.2) is 18.2 Å². The predicted octanol–water partition coefficient (Wildman–Crippen LogP) is 2.86. The van der Waals surface area contributed by atoms with Gasteiger partial charge >= 0.3 is 0 Å². The molecular weight excluding hydrogens is 254 g/mol. The zero-order chi connectivity index (χ0) is 13.8. The third kappa shape index (κ3) is 3.12. The summed E-state index contributed by atoms with van der Waals surface area (Å²) in [6.45, 7) is 3.39. The van der Waals surface area contributed by atoms with E-state index < -0.39 is 0 Å². The summed E-state index contributed by atoms with van der Waals surface area (Å²) in [5.74, 6) is 1.60. The summed E-state index contributed by atoms with van der Waals surface area (Å²) in [4.78, 5) is 14.7. The Morgan fingerprint density at radius 2 is 1.80 bits per heavy atom. The molecule has 2 heterocycles. The number of nitrogens with zero attached hydrogens (tertiary/aromatic N) is 1. The molecule has 0 saturated carbocycles. The minimum Gasteiger partial charge on any atom is -0.454 e. The minimum absolute atomic E-state index is 0.188. The van der Waals surface area contributed by atoms with E-state index in [1.165, 1.54) is 25.7 Å². The lowest BCUT2D eigenvalue weighted by Gasteiger charge is -2.18. The van der Waals surface area contributed by atoms with E-state index in [9.17, 15) is 4.79 Å². The average Bonchev–Trinajstić information content (AvgIpc) is 2.78. The number of likely N-dealkylation sites (tertiary alicyclic amines) is 1. The lowest BCUT2D eigenvalue weighted by atomic mass is 10.1. The van der Waals surface area contributed by atoms with Gasteiger partial charge in [0, 0.05) is 18.5 Å². The Morgan fingerprint density at radius 3 is 2.60 bits per heavy atom. The standard InChI is InChI=1S/C16H21NO3/c18-14(7-10-17-8-3-1-2-4-9-17)13-5-6-15-16(11-13)20-12-19-15/h5-6,11H,1-4,7-10,12H2. The molecule has 0 spiro atoms. The van der Waals surface area contributed by atoms with Crippen molar-refractivity contribution in [3.05, 3.63) is 23.8 Å². The van der Waals surface area contributed by atoms with Crippen molar-refractivity contribution < 1.29 is 14.3 Å². The Bertz CT molecular complexity index is 479. The molecule has 0 aliphatic carbocycles. The molecule has 4 heteroatoms. The van der Waals surface area contributed by atoms with Crippen LogP contribution in [0.2, 0.25) is 0 Å². The van der Waals surface area contributed by atoms with Crippen LogP contribution in [-0.2, 0) is 0 Å². The van der Waals surface area contributed by atoms with E-state index in [4.69, 9.17) is 9.47 Å². The second-order valence-corrected chi connectivity index (χ2v) is 5.50. The summed E-state index contributed by atoms with van der Waals surface area (Å²) in [6.07, 6.45) is 5.76. The molecule has 1 fully saturated rings. The van der Waals surface area contributed by atoms with E-state index in [1.54, 1.807) is 6.07 Å². The van der Waals surface area contributed by atoms with E-state index in [2.05, 4.69) is 4.90 Å². The van der Waals surface area contributed by atoms with Crippen LogP contribution in [0.1, 0.15) is 42.5 Å². The fraction of sp³-hybridized carbons (Fsp3) is 0.562. The van der Waals surface area contributed by atoms with Crippen LogP contribution in [0.4, 0.5) is 0 Å². The molecule has 1 aromatic carbocycles. The number of carbonyl (C=O) groups is 1. The topological polar surface area (TPSA) is 38.8 Å². The van der Waals surface area contributed by atoms with Crippen molar-refractivity contribution in [3.8, 4) is 11.5 Å². The molecule has 0 aromatic heterocycles. The lowest BCUT2D eigenvalue weighted by Crippen LogP contribution is -2.27. The van der Waals surface area contributed by atoms with E-state index in [0.717, 1.165) is 30.9 Å². The number of ether oxygens (including phenoxy) is 2. The zero-order valence-corrected chi connectivity index (χ0v) is 11.8. The Balaban J connectivity index is 1.56. The number of hydrogen-bond acceptors (Lipinski definition) is 4. The molecule has 108 valence electrons. The smallest absolute Gasteiger partial charge is 0.231 e. The van der Waals surface area contributed by atoms with Gasteiger partial charge in [-0.15, -0.1) is 0 Å². The van der Waals surface area contributed by atoms with E-state index >= 15 is 0 Å². The van der Waals surface area contributed by atoms with Crippen LogP contribution in [0.5, 0.6) is 11.5 Å². The van der Waals surface area contributed by atoms with Crippen molar-refractivity contribution in [1.82, 2.24) is 4.90 Å². The van der Waals surface area contributed by atoms with Crippen LogP contribution in [-0.4, -0.2) is 37.1 Å². The van der Waals surface area contributed by atoms with Gasteiger partial charge in [0.05, 0.1) is 0 Å². The zero-order valence-electron chi connectivity index (χ0n) is 11.8. The van der Waals surface area contributed by atoms with Crippen LogP contribution < -0.4 is 9.47 Å². The number of carbonyl (C=O) groups excluding carboxylic acids is 1.